The quantitative estimate of drug-likeness (QED) is 0.427. The molecule has 0 N–H and O–H groups in total. The molecule has 136 valence electrons. The molecule has 2 aromatic carbocycles. The Morgan fingerprint density at radius 1 is 1.07 bits per heavy atom. The molecular weight excluding hydrogens is 349 g/mol. The summed E-state index contributed by atoms with van der Waals surface area (Å²) in [6.07, 6.45) is 3.64. The highest BCUT2D eigenvalue weighted by atomic mass is 19.1. The molecule has 0 radical (unpaired) electrons. The van der Waals surface area contributed by atoms with E-state index in [1.54, 1.807) is 18.3 Å². The maximum atomic E-state index is 13.2. The number of fused-ring (bicyclic) bond motifs is 1. The smallest absolute Gasteiger partial charge is 0.123 e. The molecular formula is C24H18FN3. The lowest BCUT2D eigenvalue weighted by Gasteiger charge is -2.10. The summed E-state index contributed by atoms with van der Waals surface area (Å²) in [5, 5.41) is 10.7. The predicted molar refractivity (Wildman–Crippen MR) is 110 cm³/mol. The first-order chi connectivity index (χ1) is 13.6. The summed E-state index contributed by atoms with van der Waals surface area (Å²) in [5.41, 5.74) is 6.28. The average Bonchev–Trinajstić information content (AvgIpc) is 2.99. The lowest BCUT2D eigenvalue weighted by atomic mass is 10.0. The zero-order valence-corrected chi connectivity index (χ0v) is 15.6. The summed E-state index contributed by atoms with van der Waals surface area (Å²) in [6, 6.07) is 20.4. The third-order valence-electron chi connectivity index (χ3n) is 4.89. The summed E-state index contributed by atoms with van der Waals surface area (Å²) in [4.78, 5) is 4.37. The molecule has 0 bridgehead atoms. The Bertz CT molecular complexity index is 1240. The van der Waals surface area contributed by atoms with Crippen LogP contribution in [0, 0.1) is 31.0 Å². The fraction of sp³-hybridized carbons (Fsp3) is 0.0833. The standard InChI is InChI=1S/C24H18FN3/c1-16-12-20(13-21(15-26)18-5-7-22(25)8-6-18)17(2)28(16)23-9-10-24-19(14-23)4-3-11-27-24/h3-14H,1-2H3. The monoisotopic (exact) mass is 367 g/mol. The minimum absolute atomic E-state index is 0.315. The van der Waals surface area contributed by atoms with E-state index in [-0.39, 0.29) is 5.82 Å². The molecule has 0 unspecified atom stereocenters. The van der Waals surface area contributed by atoms with Crippen LogP contribution in [0.25, 0.3) is 28.2 Å². The second-order valence-electron chi connectivity index (χ2n) is 6.72. The summed E-state index contributed by atoms with van der Waals surface area (Å²) in [6.45, 7) is 4.08. The molecule has 3 nitrogen and oxygen atoms in total. The van der Waals surface area contributed by atoms with E-state index in [9.17, 15) is 9.65 Å². The van der Waals surface area contributed by atoms with E-state index in [0.29, 0.717) is 11.1 Å². The van der Waals surface area contributed by atoms with E-state index >= 15 is 0 Å². The number of nitriles is 1. The van der Waals surface area contributed by atoms with Gasteiger partial charge in [-0.1, -0.05) is 18.2 Å². The number of aromatic nitrogens is 2. The van der Waals surface area contributed by atoms with E-state index in [0.717, 1.165) is 33.5 Å². The summed E-state index contributed by atoms with van der Waals surface area (Å²) < 4.78 is 15.4. The molecule has 4 aromatic rings. The highest BCUT2D eigenvalue weighted by Crippen LogP contribution is 2.27. The van der Waals surface area contributed by atoms with Crippen LogP contribution in [-0.2, 0) is 0 Å². The van der Waals surface area contributed by atoms with Crippen LogP contribution in [0.1, 0.15) is 22.5 Å². The van der Waals surface area contributed by atoms with E-state index in [4.69, 9.17) is 0 Å². The van der Waals surface area contributed by atoms with E-state index in [1.807, 2.05) is 44.2 Å². The van der Waals surface area contributed by atoms with Gasteiger partial charge in [-0.2, -0.15) is 5.26 Å². The van der Waals surface area contributed by atoms with Crippen LogP contribution in [0.2, 0.25) is 0 Å². The molecule has 2 heterocycles. The van der Waals surface area contributed by atoms with Gasteiger partial charge in [0.1, 0.15) is 5.82 Å². The highest BCUT2D eigenvalue weighted by molar-refractivity contribution is 5.90. The zero-order valence-electron chi connectivity index (χ0n) is 15.6. The van der Waals surface area contributed by atoms with Gasteiger partial charge >= 0.3 is 0 Å². The molecule has 0 fully saturated rings. The molecule has 0 aliphatic heterocycles. The lowest BCUT2D eigenvalue weighted by Crippen LogP contribution is -1.99. The van der Waals surface area contributed by atoms with Gasteiger partial charge < -0.3 is 4.57 Å². The molecule has 28 heavy (non-hydrogen) atoms. The van der Waals surface area contributed by atoms with Crippen molar-refractivity contribution in [3.8, 4) is 11.8 Å². The van der Waals surface area contributed by atoms with E-state index < -0.39 is 0 Å². The van der Waals surface area contributed by atoms with Crippen LogP contribution in [0.5, 0.6) is 0 Å². The Hall–Kier alpha value is -3.71. The second kappa shape index (κ2) is 7.13. The van der Waals surface area contributed by atoms with Gasteiger partial charge in [0.25, 0.3) is 0 Å². The molecule has 0 saturated heterocycles. The third-order valence-corrected chi connectivity index (χ3v) is 4.89. The van der Waals surface area contributed by atoms with Crippen molar-refractivity contribution in [2.75, 3.05) is 0 Å². The van der Waals surface area contributed by atoms with Crippen LogP contribution in [0.3, 0.4) is 0 Å². The van der Waals surface area contributed by atoms with E-state index in [1.165, 1.54) is 12.1 Å². The maximum Gasteiger partial charge on any atom is 0.123 e. The Labute approximate surface area is 163 Å². The molecule has 0 amide bonds. The van der Waals surface area contributed by atoms with Gasteiger partial charge in [0.15, 0.2) is 0 Å². The van der Waals surface area contributed by atoms with Crippen LogP contribution in [0.4, 0.5) is 4.39 Å². The number of hydrogen-bond acceptors (Lipinski definition) is 2. The van der Waals surface area contributed by atoms with Gasteiger partial charge in [0.2, 0.25) is 0 Å². The number of rotatable bonds is 3. The molecule has 0 atom stereocenters. The minimum Gasteiger partial charge on any atom is -0.318 e. The van der Waals surface area contributed by atoms with Crippen molar-refractivity contribution in [1.29, 1.82) is 5.26 Å². The van der Waals surface area contributed by atoms with Crippen molar-refractivity contribution < 1.29 is 4.39 Å². The Morgan fingerprint density at radius 3 is 2.61 bits per heavy atom. The van der Waals surface area contributed by atoms with Crippen molar-refractivity contribution in [2.24, 2.45) is 0 Å². The number of allylic oxidation sites excluding steroid dienone is 1. The topological polar surface area (TPSA) is 41.6 Å². The molecule has 4 heteroatoms. The zero-order chi connectivity index (χ0) is 19.7. The van der Waals surface area contributed by atoms with E-state index in [2.05, 4.69) is 27.8 Å². The third kappa shape index (κ3) is 3.19. The van der Waals surface area contributed by atoms with Crippen LogP contribution >= 0.6 is 0 Å². The molecule has 0 aliphatic rings. The Kier molecular flexibility index (Phi) is 4.50. The number of pyridine rings is 1. The first-order valence-corrected chi connectivity index (χ1v) is 8.98. The summed E-state index contributed by atoms with van der Waals surface area (Å²) in [7, 11) is 0. The van der Waals surface area contributed by atoms with Gasteiger partial charge in [-0.3, -0.25) is 4.98 Å². The van der Waals surface area contributed by atoms with Crippen molar-refractivity contribution in [3.63, 3.8) is 0 Å². The van der Waals surface area contributed by atoms with Crippen LogP contribution in [-0.4, -0.2) is 9.55 Å². The van der Waals surface area contributed by atoms with Gasteiger partial charge in [0.05, 0.1) is 17.2 Å². The fourth-order valence-corrected chi connectivity index (χ4v) is 3.50. The van der Waals surface area contributed by atoms with Gasteiger partial charge in [-0.25, -0.2) is 4.39 Å². The number of halogens is 1. The maximum absolute atomic E-state index is 13.2. The summed E-state index contributed by atoms with van der Waals surface area (Å²) >= 11 is 0. The molecule has 4 rings (SSSR count). The Balaban J connectivity index is 1.80. The molecule has 2 aromatic heterocycles. The van der Waals surface area contributed by atoms with Gasteiger partial charge in [-0.05, 0) is 73.5 Å². The van der Waals surface area contributed by atoms with Crippen LogP contribution in [0.15, 0.2) is 66.9 Å². The van der Waals surface area contributed by atoms with Gasteiger partial charge in [0, 0.05) is 28.7 Å². The molecule has 0 spiro atoms. The SMILES string of the molecule is Cc1cc(C=C(C#N)c2ccc(F)cc2)c(C)n1-c1ccc2ncccc2c1. The van der Waals surface area contributed by atoms with Crippen LogP contribution < -0.4 is 0 Å². The molecule has 0 aliphatic carbocycles. The first kappa shape index (κ1) is 17.7. The lowest BCUT2D eigenvalue weighted by molar-refractivity contribution is 0.627. The van der Waals surface area contributed by atoms with Crippen molar-refractivity contribution in [3.05, 3.63) is 95.2 Å². The van der Waals surface area contributed by atoms with Crippen molar-refractivity contribution >= 4 is 22.6 Å². The van der Waals surface area contributed by atoms with Gasteiger partial charge in [-0.15, -0.1) is 0 Å². The predicted octanol–water partition coefficient (Wildman–Crippen LogP) is 5.85. The average molecular weight is 367 g/mol. The highest BCUT2D eigenvalue weighted by Gasteiger charge is 2.11. The normalized spacial score (nSPS) is 11.6. The fourth-order valence-electron chi connectivity index (χ4n) is 3.50. The number of benzene rings is 2. The number of aryl methyl sites for hydroxylation is 1. The minimum atomic E-state index is -0.315. The first-order valence-electron chi connectivity index (χ1n) is 8.98. The number of nitrogens with zero attached hydrogens (tertiary/aromatic N) is 3. The summed E-state index contributed by atoms with van der Waals surface area (Å²) in [5.74, 6) is -0.315. The largest absolute Gasteiger partial charge is 0.318 e. The van der Waals surface area contributed by atoms with Crippen molar-refractivity contribution in [2.45, 2.75) is 13.8 Å². The second-order valence-corrected chi connectivity index (χ2v) is 6.72. The molecule has 0 saturated carbocycles. The Morgan fingerprint density at radius 2 is 1.86 bits per heavy atom. The number of hydrogen-bond donors (Lipinski definition) is 0. The van der Waals surface area contributed by atoms with Crippen molar-refractivity contribution in [1.82, 2.24) is 9.55 Å².